The summed E-state index contributed by atoms with van der Waals surface area (Å²) in [6.45, 7) is 7.01. The summed E-state index contributed by atoms with van der Waals surface area (Å²) in [7, 11) is 0. The molecule has 1 unspecified atom stereocenters. The third-order valence-electron chi connectivity index (χ3n) is 3.56. The Morgan fingerprint density at radius 3 is 2.74 bits per heavy atom. The second-order valence-electron chi connectivity index (χ2n) is 4.96. The average molecular weight is 253 g/mol. The maximum atomic E-state index is 3.82. The quantitative estimate of drug-likeness (QED) is 0.724. The second-order valence-corrected chi connectivity index (χ2v) is 4.96. The van der Waals surface area contributed by atoms with Crippen LogP contribution in [0.25, 0.3) is 10.8 Å². The molecule has 0 heterocycles. The van der Waals surface area contributed by atoms with Crippen LogP contribution < -0.4 is 5.32 Å². The Morgan fingerprint density at radius 2 is 1.95 bits per heavy atom. The zero-order chi connectivity index (χ0) is 13.5. The van der Waals surface area contributed by atoms with Gasteiger partial charge >= 0.3 is 0 Å². The van der Waals surface area contributed by atoms with E-state index in [-0.39, 0.29) is 0 Å². The van der Waals surface area contributed by atoms with Gasteiger partial charge in [0.05, 0.1) is 0 Å². The molecular weight excluding hydrogens is 230 g/mol. The zero-order valence-corrected chi connectivity index (χ0v) is 11.7. The Kier molecular flexibility index (Phi) is 5.17. The van der Waals surface area contributed by atoms with E-state index in [1.165, 1.54) is 16.3 Å². The fourth-order valence-electron chi connectivity index (χ4n) is 2.62. The Morgan fingerprint density at radius 1 is 1.16 bits per heavy atom. The van der Waals surface area contributed by atoms with Crippen molar-refractivity contribution >= 4 is 10.8 Å². The third kappa shape index (κ3) is 3.68. The SMILES string of the molecule is C=CCCC(Cc1cccc2ccccc12)NCC. The molecule has 100 valence electrons. The van der Waals surface area contributed by atoms with Crippen molar-refractivity contribution in [3.8, 4) is 0 Å². The van der Waals surface area contributed by atoms with E-state index in [2.05, 4.69) is 61.3 Å². The third-order valence-corrected chi connectivity index (χ3v) is 3.56. The molecule has 2 aromatic carbocycles. The van der Waals surface area contributed by atoms with Gasteiger partial charge in [-0.05, 0) is 42.1 Å². The van der Waals surface area contributed by atoms with Gasteiger partial charge in [-0.1, -0.05) is 55.5 Å². The summed E-state index contributed by atoms with van der Waals surface area (Å²) in [5.41, 5.74) is 1.44. The molecule has 0 aliphatic heterocycles. The monoisotopic (exact) mass is 253 g/mol. The standard InChI is InChI=1S/C18H23N/c1-3-5-12-17(19-4-2)14-16-11-8-10-15-9-6-7-13-18(15)16/h3,6-11,13,17,19H,1,4-5,12,14H2,2H3. The number of rotatable bonds is 7. The van der Waals surface area contributed by atoms with E-state index in [9.17, 15) is 0 Å². The van der Waals surface area contributed by atoms with Crippen LogP contribution in [-0.4, -0.2) is 12.6 Å². The smallest absolute Gasteiger partial charge is 0.0110 e. The fraction of sp³-hybridized carbons (Fsp3) is 0.333. The maximum absolute atomic E-state index is 3.82. The van der Waals surface area contributed by atoms with Crippen LogP contribution in [-0.2, 0) is 6.42 Å². The molecule has 1 N–H and O–H groups in total. The summed E-state index contributed by atoms with van der Waals surface area (Å²) >= 11 is 0. The number of likely N-dealkylation sites (N-methyl/N-ethyl adjacent to an activating group) is 1. The summed E-state index contributed by atoms with van der Waals surface area (Å²) < 4.78 is 0. The summed E-state index contributed by atoms with van der Waals surface area (Å²) in [6, 6.07) is 15.8. The summed E-state index contributed by atoms with van der Waals surface area (Å²) in [4.78, 5) is 0. The highest BCUT2D eigenvalue weighted by Crippen LogP contribution is 2.20. The molecule has 19 heavy (non-hydrogen) atoms. The van der Waals surface area contributed by atoms with Crippen LogP contribution in [0.15, 0.2) is 55.1 Å². The average Bonchev–Trinajstić information content (AvgIpc) is 2.45. The Balaban J connectivity index is 2.20. The van der Waals surface area contributed by atoms with E-state index < -0.39 is 0 Å². The molecule has 1 atom stereocenters. The molecule has 0 spiro atoms. The molecule has 0 fully saturated rings. The minimum atomic E-state index is 0.536. The molecule has 0 radical (unpaired) electrons. The van der Waals surface area contributed by atoms with Gasteiger partial charge in [0.15, 0.2) is 0 Å². The van der Waals surface area contributed by atoms with Gasteiger partial charge in [0.2, 0.25) is 0 Å². The molecule has 2 rings (SSSR count). The lowest BCUT2D eigenvalue weighted by Gasteiger charge is -2.18. The molecule has 1 heteroatoms. The number of nitrogens with one attached hydrogen (secondary N) is 1. The molecular formula is C18H23N. The highest BCUT2D eigenvalue weighted by molar-refractivity contribution is 5.85. The van der Waals surface area contributed by atoms with E-state index in [0.29, 0.717) is 6.04 Å². The number of benzene rings is 2. The van der Waals surface area contributed by atoms with Gasteiger partial charge in [0, 0.05) is 6.04 Å². The first-order valence-corrected chi connectivity index (χ1v) is 7.16. The Bertz CT molecular complexity index is 525. The first kappa shape index (κ1) is 13.8. The molecule has 0 bridgehead atoms. The van der Waals surface area contributed by atoms with Gasteiger partial charge in [0.1, 0.15) is 0 Å². The molecule has 0 aliphatic rings. The second kappa shape index (κ2) is 7.10. The van der Waals surface area contributed by atoms with Crippen LogP contribution in [0.2, 0.25) is 0 Å². The first-order valence-electron chi connectivity index (χ1n) is 7.16. The van der Waals surface area contributed by atoms with Crippen LogP contribution in [0.3, 0.4) is 0 Å². The molecule has 0 amide bonds. The van der Waals surface area contributed by atoms with Gasteiger partial charge in [-0.15, -0.1) is 6.58 Å². The summed E-state index contributed by atoms with van der Waals surface area (Å²) in [5.74, 6) is 0. The van der Waals surface area contributed by atoms with Gasteiger partial charge in [-0.2, -0.15) is 0 Å². The van der Waals surface area contributed by atoms with Crippen LogP contribution >= 0.6 is 0 Å². The van der Waals surface area contributed by atoms with Gasteiger partial charge < -0.3 is 5.32 Å². The number of hydrogen-bond acceptors (Lipinski definition) is 1. The predicted octanol–water partition coefficient (Wildman–Crippen LogP) is 4.33. The van der Waals surface area contributed by atoms with Crippen LogP contribution in [0.4, 0.5) is 0 Å². The molecule has 0 saturated heterocycles. The lowest BCUT2D eigenvalue weighted by Crippen LogP contribution is -2.30. The Hall–Kier alpha value is -1.60. The highest BCUT2D eigenvalue weighted by atomic mass is 14.9. The van der Waals surface area contributed by atoms with Crippen molar-refractivity contribution in [2.45, 2.75) is 32.2 Å². The van der Waals surface area contributed by atoms with Crippen molar-refractivity contribution in [1.82, 2.24) is 5.32 Å². The number of allylic oxidation sites excluding steroid dienone is 1. The lowest BCUT2D eigenvalue weighted by atomic mass is 9.96. The lowest BCUT2D eigenvalue weighted by molar-refractivity contribution is 0.496. The van der Waals surface area contributed by atoms with Crippen molar-refractivity contribution in [2.24, 2.45) is 0 Å². The van der Waals surface area contributed by atoms with E-state index in [0.717, 1.165) is 25.8 Å². The zero-order valence-electron chi connectivity index (χ0n) is 11.7. The number of hydrogen-bond donors (Lipinski definition) is 1. The predicted molar refractivity (Wildman–Crippen MR) is 84.5 cm³/mol. The molecule has 1 nitrogen and oxygen atoms in total. The molecule has 0 aromatic heterocycles. The van der Waals surface area contributed by atoms with Crippen molar-refractivity contribution < 1.29 is 0 Å². The van der Waals surface area contributed by atoms with Gasteiger partial charge in [0.25, 0.3) is 0 Å². The van der Waals surface area contributed by atoms with E-state index in [1.807, 2.05) is 6.08 Å². The summed E-state index contributed by atoms with van der Waals surface area (Å²) in [6.07, 6.45) is 5.32. The first-order chi connectivity index (χ1) is 9.35. The van der Waals surface area contributed by atoms with Gasteiger partial charge in [-0.25, -0.2) is 0 Å². The van der Waals surface area contributed by atoms with Crippen LogP contribution in [0, 0.1) is 0 Å². The largest absolute Gasteiger partial charge is 0.314 e. The topological polar surface area (TPSA) is 12.0 Å². The Labute approximate surface area is 116 Å². The van der Waals surface area contributed by atoms with E-state index in [1.54, 1.807) is 0 Å². The van der Waals surface area contributed by atoms with Gasteiger partial charge in [-0.3, -0.25) is 0 Å². The minimum absolute atomic E-state index is 0.536. The molecule has 2 aromatic rings. The number of fused-ring (bicyclic) bond motifs is 1. The van der Waals surface area contributed by atoms with Crippen molar-refractivity contribution in [3.05, 3.63) is 60.7 Å². The van der Waals surface area contributed by atoms with E-state index in [4.69, 9.17) is 0 Å². The molecule has 0 saturated carbocycles. The minimum Gasteiger partial charge on any atom is -0.314 e. The maximum Gasteiger partial charge on any atom is 0.0110 e. The highest BCUT2D eigenvalue weighted by Gasteiger charge is 2.09. The van der Waals surface area contributed by atoms with Crippen LogP contribution in [0.5, 0.6) is 0 Å². The normalized spacial score (nSPS) is 12.5. The van der Waals surface area contributed by atoms with E-state index >= 15 is 0 Å². The molecule has 0 aliphatic carbocycles. The van der Waals surface area contributed by atoms with Crippen molar-refractivity contribution in [3.63, 3.8) is 0 Å². The van der Waals surface area contributed by atoms with Crippen molar-refractivity contribution in [2.75, 3.05) is 6.54 Å². The van der Waals surface area contributed by atoms with Crippen molar-refractivity contribution in [1.29, 1.82) is 0 Å². The summed E-state index contributed by atoms with van der Waals surface area (Å²) in [5, 5.41) is 6.30. The fourth-order valence-corrected chi connectivity index (χ4v) is 2.62. The van der Waals surface area contributed by atoms with Crippen LogP contribution in [0.1, 0.15) is 25.3 Å².